The molecule has 1 unspecified atom stereocenters. The summed E-state index contributed by atoms with van der Waals surface area (Å²) in [6.45, 7) is 20.7. The van der Waals surface area contributed by atoms with Crippen LogP contribution in [0.1, 0.15) is 164 Å². The van der Waals surface area contributed by atoms with Crippen molar-refractivity contribution >= 4 is 104 Å². The second-order valence-corrected chi connectivity index (χ2v) is 42.8. The molecule has 10 aliphatic heterocycles. The average Bonchev–Trinajstić information content (AvgIpc) is 0.739. The van der Waals surface area contributed by atoms with Crippen molar-refractivity contribution in [2.75, 3.05) is 117 Å². The molecule has 23 atom stereocenters. The number of pyridine rings is 1. The highest BCUT2D eigenvalue weighted by atomic mass is 32.2. The normalized spacial score (nSPS) is 32.9. The summed E-state index contributed by atoms with van der Waals surface area (Å²) in [5, 5.41) is 68.0. The van der Waals surface area contributed by atoms with E-state index < -0.39 is 213 Å². The van der Waals surface area contributed by atoms with Crippen LogP contribution in [0.3, 0.4) is 0 Å². The van der Waals surface area contributed by atoms with Gasteiger partial charge < -0.3 is 120 Å². The number of carbonyl (C=O) groups excluding carboxylic acids is 13. The SMILES string of the molecule is CCN(CC)CCS(=O)(=O)[C@@H]1CCN2C(=O)c3coc(n3)CC(=O)C[C@H](O)/C=C(C)/C=C/CNC(=O)/C=C/[C@@H](C)[C@@H](C(C)C)OC(=O)[C@@H]12.CC[C@@H]1NC(=O)[C@@H](NC(=O)c2ncccc2O)[C@@H](C)OC(=O)[C@H](c2ccccc2)NC(=O)[C@@H]2CC(=O)[C@H](CSC3CN4CCC3CC4)CN2C(=O)[C@H](Cc2ccc(N(C)C)cc2)N(C)C(=O)[C@@H]2CCCN2C1=O.CN[C@@H]1[C@H](O)[C@H](NC)[C@@H]2O[C@@]3(O)C(=O)C[C@@H](C)O[C@H]3O[C@@H]2[C@H]1O. The first-order valence-electron chi connectivity index (χ1n) is 49.7. The first-order valence-corrected chi connectivity index (χ1v) is 52.5. The van der Waals surface area contributed by atoms with E-state index in [9.17, 15) is 81.9 Å². The van der Waals surface area contributed by atoms with Gasteiger partial charge in [-0.1, -0.05) is 114 Å². The molecule has 41 nitrogen and oxygen atoms in total. The van der Waals surface area contributed by atoms with Gasteiger partial charge in [-0.25, -0.2) is 28.0 Å². The lowest BCUT2D eigenvalue weighted by Crippen LogP contribution is -2.77. The Morgan fingerprint density at radius 1 is 0.750 bits per heavy atom. The van der Waals surface area contributed by atoms with Crippen LogP contribution < -0.4 is 36.8 Å². The van der Waals surface area contributed by atoms with E-state index in [-0.39, 0.29) is 130 Å². The van der Waals surface area contributed by atoms with Crippen LogP contribution in [0.2, 0.25) is 0 Å². The third-order valence-corrected chi connectivity index (χ3v) is 32.5. The highest BCUT2D eigenvalue weighted by Gasteiger charge is 2.64. The Morgan fingerprint density at radius 3 is 2.11 bits per heavy atom. The van der Waals surface area contributed by atoms with Gasteiger partial charge in [0.2, 0.25) is 47.6 Å². The number of fused-ring (bicyclic) bond motifs is 10. The maximum Gasteiger partial charge on any atom is 0.333 e. The van der Waals surface area contributed by atoms with Gasteiger partial charge in [0.15, 0.2) is 33.1 Å². The fourth-order valence-electron chi connectivity index (χ4n) is 20.4. The second-order valence-electron chi connectivity index (χ2n) is 39.2. The van der Waals surface area contributed by atoms with Crippen molar-refractivity contribution in [1.29, 1.82) is 0 Å². The molecule has 15 rings (SSSR count). The van der Waals surface area contributed by atoms with Crippen molar-refractivity contribution in [2.24, 2.45) is 23.7 Å². The third-order valence-electron chi connectivity index (χ3n) is 28.7. The number of amides is 8. The molecular weight excluding hydrogens is 1900 g/mol. The molecule has 4 aromatic rings. The summed E-state index contributed by atoms with van der Waals surface area (Å²) in [7, 11) is 4.70. The van der Waals surface area contributed by atoms with Gasteiger partial charge in [0, 0.05) is 121 Å². The number of benzene rings is 2. The van der Waals surface area contributed by atoms with Gasteiger partial charge >= 0.3 is 11.9 Å². The number of cyclic esters (lactones) is 2. The minimum atomic E-state index is -3.87. The Balaban J connectivity index is 0.000000221. The number of ether oxygens (including phenoxy) is 5. The Hall–Kier alpha value is -10.8. The molecule has 788 valence electrons. The van der Waals surface area contributed by atoms with E-state index in [4.69, 9.17) is 28.1 Å². The number of aliphatic hydroxyl groups excluding tert-OH is 3. The maximum atomic E-state index is 15.7. The highest BCUT2D eigenvalue weighted by Crippen LogP contribution is 2.43. The lowest BCUT2D eigenvalue weighted by atomic mass is 9.80. The molecule has 11 aliphatic rings. The molecule has 1 aliphatic carbocycles. The van der Waals surface area contributed by atoms with Crippen LogP contribution in [0.5, 0.6) is 5.75 Å². The predicted octanol–water partition coefficient (Wildman–Crippen LogP) is 1.67. The molecule has 43 heteroatoms. The zero-order valence-corrected chi connectivity index (χ0v) is 85.8. The number of hydrogen-bond donors (Lipinski definition) is 11. The number of anilines is 1. The van der Waals surface area contributed by atoms with Gasteiger partial charge in [-0.05, 0) is 153 Å². The second kappa shape index (κ2) is 50.1. The summed E-state index contributed by atoms with van der Waals surface area (Å²) < 4.78 is 61.7. The summed E-state index contributed by atoms with van der Waals surface area (Å²) in [6.07, 6.45) is 3.51. The monoisotopic (exact) mass is 2040 g/mol. The minimum absolute atomic E-state index is 0.00220. The summed E-state index contributed by atoms with van der Waals surface area (Å²) in [6, 6.07) is 7.51. The van der Waals surface area contributed by atoms with Crippen molar-refractivity contribution < 1.29 is 124 Å². The van der Waals surface area contributed by atoms with E-state index >= 15 is 14.4 Å². The Bertz CT molecular complexity index is 5430. The number of thioether (sulfide) groups is 1. The van der Waals surface area contributed by atoms with Crippen LogP contribution in [-0.4, -0.2) is 382 Å². The number of rotatable bonds is 19. The molecule has 144 heavy (non-hydrogen) atoms. The predicted molar refractivity (Wildman–Crippen MR) is 528 cm³/mol. The average molecular weight is 2050 g/mol. The topological polar surface area (TPSA) is 537 Å². The standard InChI is InChI=1S/C53H67N9O10S.C34H50N4O9S.C14H24N2O7/c1-6-37-50(68)61-23-11-14-38(61)51(69)59(5)40(26-32-16-18-36(19-17-32)58(3)4)52(70)62-28-35(30-73-43-29-60-24-20-33(43)21-25-60)42(64)27-39(62)47(65)57-45(34-12-8-7-9-13-34)53(71)72-31(2)44(48(66)55-37)56-49(67)46-41(63)15-10-22-54-46;1-7-37(8-2)16-17-48(44,45)28-13-15-38-31(28)34(43)47-32(22(3)4)24(6)11-12-29(41)35-14-9-10-23(5)18-25(39)19-26(40)20-30-36-27(21-46-30)33(38)42;1-5-4-6(17)14(20)13(21-5)22-12-10(19)7(15-2)9(18)8(16-3)11(12)23-14/h7-10,12-13,15-19,22,31,33,35,37-40,43-45,63H,6,11,14,20-21,23-30H2,1-5H3,(H,55,66)(H,56,67)(H,57,65);9-12,18,21-22,24-25,28,31-32,39H,7-8,13-17,19-20H2,1-6H3,(H,35,41);5,7-13,15-16,18-20H,4H2,1-3H3/b;10-9+,12-11+,23-18+;/t31-,35+,37+,38+,39+,40+,43?,44+,45+;24-,25-,28-,31-,32-;5-,7-,8+,9+,10+,11+,12-,13+,14+/m111/s1. The van der Waals surface area contributed by atoms with E-state index in [2.05, 4.69) is 46.8 Å². The van der Waals surface area contributed by atoms with Crippen LogP contribution in [0.15, 0.2) is 120 Å². The molecule has 11 N–H and O–H groups in total. The van der Waals surface area contributed by atoms with Crippen LogP contribution in [0, 0.1) is 23.7 Å². The Labute approximate surface area is 843 Å². The number of piperidine rings is 4. The zero-order chi connectivity index (χ0) is 105. The molecule has 4 bridgehead atoms. The maximum absolute atomic E-state index is 15.7. The Morgan fingerprint density at radius 2 is 1.46 bits per heavy atom. The van der Waals surface area contributed by atoms with E-state index in [0.29, 0.717) is 42.0 Å². The number of aliphatic hydroxyl groups is 4. The van der Waals surface area contributed by atoms with Gasteiger partial charge in [-0.3, -0.25) is 52.7 Å². The van der Waals surface area contributed by atoms with E-state index in [0.717, 1.165) is 54.9 Å². The van der Waals surface area contributed by atoms with Gasteiger partial charge in [0.05, 0.1) is 47.8 Å². The smallest absolute Gasteiger partial charge is 0.333 e. The van der Waals surface area contributed by atoms with Crippen molar-refractivity contribution in [3.63, 3.8) is 0 Å². The number of Topliss-reactive ketones (excluding diaryl/α,β-unsaturated/α-hetero) is 3. The summed E-state index contributed by atoms with van der Waals surface area (Å²) in [5.41, 5.74) is 1.99. The minimum Gasteiger partial charge on any atom is -0.505 e. The van der Waals surface area contributed by atoms with E-state index in [1.807, 2.05) is 75.9 Å². The fourth-order valence-corrected chi connectivity index (χ4v) is 24.0. The van der Waals surface area contributed by atoms with Crippen molar-refractivity contribution in [1.82, 2.24) is 71.3 Å². The van der Waals surface area contributed by atoms with Crippen molar-refractivity contribution in [3.05, 3.63) is 144 Å². The van der Waals surface area contributed by atoms with Crippen LogP contribution in [-0.2, 0) is 99.1 Å². The molecule has 10 fully saturated rings. The number of nitrogens with zero attached hydrogens (tertiary/aromatic N) is 9. The molecule has 2 aromatic heterocycles. The molecule has 8 amide bonds. The number of sulfone groups is 1. The number of hydrogen-bond acceptors (Lipinski definition) is 34. The number of likely N-dealkylation sites (N-methyl/N-ethyl adjacent to an activating group) is 3. The lowest BCUT2D eigenvalue weighted by molar-refractivity contribution is -0.420. The van der Waals surface area contributed by atoms with Gasteiger partial charge in [-0.15, -0.1) is 0 Å². The number of aromatic hydroxyl groups is 1. The van der Waals surface area contributed by atoms with Crippen molar-refractivity contribution in [3.8, 4) is 5.75 Å². The van der Waals surface area contributed by atoms with E-state index in [1.165, 1.54) is 59.2 Å². The zero-order valence-electron chi connectivity index (χ0n) is 84.2. The van der Waals surface area contributed by atoms with E-state index in [1.54, 1.807) is 102 Å². The summed E-state index contributed by atoms with van der Waals surface area (Å²) >= 11 is 1.73. The highest BCUT2D eigenvalue weighted by molar-refractivity contribution is 8.00. The quantitative estimate of drug-likeness (QED) is 0.0595. The number of aromatic nitrogens is 2. The summed E-state index contributed by atoms with van der Waals surface area (Å²) in [5.74, 6) is -11.8. The number of allylic oxidation sites excluding steroid dienone is 2. The first-order chi connectivity index (χ1) is 68.5. The van der Waals surface area contributed by atoms with Gasteiger partial charge in [0.25, 0.3) is 17.6 Å². The lowest BCUT2D eigenvalue weighted by Gasteiger charge is -2.55. The molecule has 9 saturated heterocycles. The Kier molecular flexibility index (Phi) is 38.9. The number of ketones is 3. The molecule has 1 saturated carbocycles. The van der Waals surface area contributed by atoms with Gasteiger partial charge in [-0.2, -0.15) is 11.8 Å². The fraction of sp³-hybridized carbons (Fsp3) is 0.614. The number of oxazole rings is 1. The molecular formula is C101H141N15O26S2. The molecule has 12 heterocycles. The van der Waals surface area contributed by atoms with Crippen LogP contribution >= 0.6 is 11.8 Å². The van der Waals surface area contributed by atoms with Gasteiger partial charge in [0.1, 0.15) is 90.4 Å². The van der Waals surface area contributed by atoms with Crippen molar-refractivity contribution in [2.45, 2.75) is 259 Å². The third kappa shape index (κ3) is 26.8. The molecule has 0 radical (unpaired) electrons. The number of nitrogens with one attached hydrogen (secondary N) is 6. The van der Waals surface area contributed by atoms with Crippen LogP contribution in [0.4, 0.5) is 5.69 Å². The van der Waals surface area contributed by atoms with Crippen LogP contribution in [0.25, 0.3) is 0 Å². The number of esters is 2. The molecule has 0 spiro atoms. The largest absolute Gasteiger partial charge is 0.505 e. The molecule has 2 aromatic carbocycles. The first kappa shape index (κ1) is 112. The summed E-state index contributed by atoms with van der Waals surface area (Å²) in [4.78, 5) is 203. The number of carbonyl (C=O) groups is 13.